The zero-order valence-electron chi connectivity index (χ0n) is 16.3. The Hall–Kier alpha value is -3.36. The number of carbonyl (C=O) groups excluding carboxylic acids is 4. The summed E-state index contributed by atoms with van der Waals surface area (Å²) in [5.74, 6) is -1.84. The highest BCUT2D eigenvalue weighted by Crippen LogP contribution is 2.34. The van der Waals surface area contributed by atoms with Crippen LogP contribution in [0.1, 0.15) is 30.1 Å². The standard InChI is InChI=1S/C20H23N3O6/c1-3-29-15-9-8-12(10-16(15)28-2)18(25)22-21-17(24)11-23-19(26)13-6-4-5-7-14(13)20(23)27/h4-5,8-10,13-14H,3,6-7,11H2,1-2H3,(H,21,24)(H,22,25)/t13-,14+. The molecule has 0 unspecified atom stereocenters. The van der Waals surface area contributed by atoms with E-state index >= 15 is 0 Å². The largest absolute Gasteiger partial charge is 0.493 e. The number of nitrogens with zero attached hydrogens (tertiary/aromatic N) is 1. The summed E-state index contributed by atoms with van der Waals surface area (Å²) >= 11 is 0. The van der Waals surface area contributed by atoms with Gasteiger partial charge in [-0.3, -0.25) is 34.9 Å². The average Bonchev–Trinajstić information content (AvgIpc) is 2.97. The number of methoxy groups -OCH3 is 1. The van der Waals surface area contributed by atoms with Crippen molar-refractivity contribution in [1.82, 2.24) is 15.8 Å². The minimum atomic E-state index is -0.662. The third-order valence-electron chi connectivity index (χ3n) is 4.94. The van der Waals surface area contributed by atoms with Gasteiger partial charge in [0.25, 0.3) is 11.8 Å². The first-order valence-corrected chi connectivity index (χ1v) is 9.36. The van der Waals surface area contributed by atoms with Crippen molar-refractivity contribution in [3.8, 4) is 11.5 Å². The predicted molar refractivity (Wildman–Crippen MR) is 102 cm³/mol. The van der Waals surface area contributed by atoms with Crippen molar-refractivity contribution in [2.24, 2.45) is 11.8 Å². The van der Waals surface area contributed by atoms with Gasteiger partial charge in [-0.1, -0.05) is 12.2 Å². The molecule has 1 aromatic rings. The molecule has 2 N–H and O–H groups in total. The number of carbonyl (C=O) groups is 4. The van der Waals surface area contributed by atoms with Crippen molar-refractivity contribution >= 4 is 23.6 Å². The van der Waals surface area contributed by atoms with Gasteiger partial charge < -0.3 is 9.47 Å². The lowest BCUT2D eigenvalue weighted by molar-refractivity contribution is -0.143. The van der Waals surface area contributed by atoms with Crippen LogP contribution in [-0.4, -0.2) is 48.8 Å². The summed E-state index contributed by atoms with van der Waals surface area (Å²) in [6.07, 6.45) is 4.76. The quantitative estimate of drug-likeness (QED) is 0.414. The molecular weight excluding hydrogens is 378 g/mol. The van der Waals surface area contributed by atoms with Crippen molar-refractivity contribution in [3.05, 3.63) is 35.9 Å². The van der Waals surface area contributed by atoms with Crippen molar-refractivity contribution < 1.29 is 28.7 Å². The molecule has 0 saturated carbocycles. The van der Waals surface area contributed by atoms with Gasteiger partial charge in [0.05, 0.1) is 25.6 Å². The van der Waals surface area contributed by atoms with Gasteiger partial charge in [-0.2, -0.15) is 0 Å². The first kappa shape index (κ1) is 20.4. The second-order valence-electron chi connectivity index (χ2n) is 6.72. The Labute approximate surface area is 168 Å². The second kappa shape index (κ2) is 8.76. The van der Waals surface area contributed by atoms with Crippen LogP contribution in [-0.2, 0) is 14.4 Å². The smallest absolute Gasteiger partial charge is 0.269 e. The van der Waals surface area contributed by atoms with Gasteiger partial charge in [0, 0.05) is 5.56 Å². The number of rotatable bonds is 6. The second-order valence-corrected chi connectivity index (χ2v) is 6.72. The van der Waals surface area contributed by atoms with E-state index in [-0.39, 0.29) is 17.4 Å². The molecule has 29 heavy (non-hydrogen) atoms. The first-order chi connectivity index (χ1) is 14.0. The lowest BCUT2D eigenvalue weighted by Crippen LogP contribution is -2.47. The molecule has 1 aliphatic carbocycles. The number of hydrazine groups is 1. The Balaban J connectivity index is 1.56. The zero-order chi connectivity index (χ0) is 21.0. The number of likely N-dealkylation sites (tertiary alicyclic amines) is 1. The van der Waals surface area contributed by atoms with E-state index in [1.165, 1.54) is 19.2 Å². The van der Waals surface area contributed by atoms with Crippen LogP contribution in [0.2, 0.25) is 0 Å². The summed E-state index contributed by atoms with van der Waals surface area (Å²) in [5, 5.41) is 0. The van der Waals surface area contributed by atoms with Gasteiger partial charge in [0.15, 0.2) is 11.5 Å². The van der Waals surface area contributed by atoms with E-state index in [9.17, 15) is 19.2 Å². The molecule has 0 radical (unpaired) electrons. The van der Waals surface area contributed by atoms with Crippen LogP contribution >= 0.6 is 0 Å². The van der Waals surface area contributed by atoms with E-state index in [1.807, 2.05) is 19.1 Å². The van der Waals surface area contributed by atoms with Gasteiger partial charge >= 0.3 is 0 Å². The molecule has 154 valence electrons. The van der Waals surface area contributed by atoms with E-state index in [2.05, 4.69) is 10.9 Å². The minimum Gasteiger partial charge on any atom is -0.493 e. The van der Waals surface area contributed by atoms with E-state index in [0.29, 0.717) is 30.9 Å². The van der Waals surface area contributed by atoms with Crippen molar-refractivity contribution in [2.45, 2.75) is 19.8 Å². The third kappa shape index (κ3) is 4.23. The summed E-state index contributed by atoms with van der Waals surface area (Å²) in [5.41, 5.74) is 4.75. The average molecular weight is 401 g/mol. The highest BCUT2D eigenvalue weighted by atomic mass is 16.5. The van der Waals surface area contributed by atoms with E-state index < -0.39 is 30.2 Å². The van der Waals surface area contributed by atoms with E-state index in [1.54, 1.807) is 6.07 Å². The number of hydrogen-bond donors (Lipinski definition) is 2. The zero-order valence-corrected chi connectivity index (χ0v) is 16.3. The summed E-state index contributed by atoms with van der Waals surface area (Å²) in [7, 11) is 1.46. The molecule has 1 fully saturated rings. The predicted octanol–water partition coefficient (Wildman–Crippen LogP) is 0.806. The summed E-state index contributed by atoms with van der Waals surface area (Å²) < 4.78 is 10.6. The van der Waals surface area contributed by atoms with Gasteiger partial charge in [-0.05, 0) is 38.0 Å². The summed E-state index contributed by atoms with van der Waals surface area (Å²) in [6.45, 7) is 1.85. The first-order valence-electron chi connectivity index (χ1n) is 9.36. The number of allylic oxidation sites excluding steroid dienone is 2. The Morgan fingerprint density at radius 3 is 2.31 bits per heavy atom. The van der Waals surface area contributed by atoms with Gasteiger partial charge in [0.2, 0.25) is 11.8 Å². The van der Waals surface area contributed by atoms with Gasteiger partial charge in [0.1, 0.15) is 6.54 Å². The fourth-order valence-electron chi connectivity index (χ4n) is 3.49. The maximum absolute atomic E-state index is 12.4. The maximum Gasteiger partial charge on any atom is 0.269 e. The lowest BCUT2D eigenvalue weighted by atomic mass is 9.85. The molecule has 1 aromatic carbocycles. The molecule has 0 spiro atoms. The van der Waals surface area contributed by atoms with E-state index in [0.717, 1.165) is 4.90 Å². The monoisotopic (exact) mass is 401 g/mol. The highest BCUT2D eigenvalue weighted by Gasteiger charge is 2.47. The van der Waals surface area contributed by atoms with Crippen LogP contribution in [0.15, 0.2) is 30.4 Å². The third-order valence-corrected chi connectivity index (χ3v) is 4.94. The number of imide groups is 1. The van der Waals surface area contributed by atoms with Crippen LogP contribution in [0.4, 0.5) is 0 Å². The number of ether oxygens (including phenoxy) is 2. The molecular formula is C20H23N3O6. The Morgan fingerprint density at radius 2 is 1.72 bits per heavy atom. The number of hydrogen-bond acceptors (Lipinski definition) is 6. The number of amides is 4. The van der Waals surface area contributed by atoms with Crippen LogP contribution < -0.4 is 20.3 Å². The van der Waals surface area contributed by atoms with Crippen LogP contribution in [0.25, 0.3) is 0 Å². The van der Waals surface area contributed by atoms with Crippen molar-refractivity contribution in [3.63, 3.8) is 0 Å². The molecule has 9 nitrogen and oxygen atoms in total. The molecule has 4 amide bonds. The molecule has 2 aliphatic rings. The fourth-order valence-corrected chi connectivity index (χ4v) is 3.49. The summed E-state index contributed by atoms with van der Waals surface area (Å²) in [6, 6.07) is 4.61. The molecule has 1 aliphatic heterocycles. The molecule has 1 heterocycles. The van der Waals surface area contributed by atoms with E-state index in [4.69, 9.17) is 9.47 Å². The molecule has 2 atom stereocenters. The number of benzene rings is 1. The Kier molecular flexibility index (Phi) is 6.16. The maximum atomic E-state index is 12.4. The van der Waals surface area contributed by atoms with Crippen LogP contribution in [0, 0.1) is 11.8 Å². The summed E-state index contributed by atoms with van der Waals surface area (Å²) in [4.78, 5) is 50.2. The Bertz CT molecular complexity index is 840. The molecule has 3 rings (SSSR count). The molecule has 0 bridgehead atoms. The molecule has 0 aromatic heterocycles. The normalized spacial score (nSPS) is 20.3. The number of nitrogens with one attached hydrogen (secondary N) is 2. The Morgan fingerprint density at radius 1 is 1.07 bits per heavy atom. The molecule has 1 saturated heterocycles. The lowest BCUT2D eigenvalue weighted by Gasteiger charge is -2.15. The SMILES string of the molecule is CCOc1ccc(C(=O)NNC(=O)CN2C(=O)[C@H]3CC=CC[C@H]3C2=O)cc1OC. The minimum absolute atomic E-state index is 0.246. The topological polar surface area (TPSA) is 114 Å². The fraction of sp³-hybridized carbons (Fsp3) is 0.400. The van der Waals surface area contributed by atoms with Gasteiger partial charge in [-0.15, -0.1) is 0 Å². The van der Waals surface area contributed by atoms with Crippen LogP contribution in [0.5, 0.6) is 11.5 Å². The number of fused-ring (bicyclic) bond motifs is 1. The van der Waals surface area contributed by atoms with Crippen molar-refractivity contribution in [2.75, 3.05) is 20.3 Å². The van der Waals surface area contributed by atoms with Crippen molar-refractivity contribution in [1.29, 1.82) is 0 Å². The molecule has 9 heteroatoms. The van der Waals surface area contributed by atoms with Gasteiger partial charge in [-0.25, -0.2) is 0 Å². The van der Waals surface area contributed by atoms with Crippen LogP contribution in [0.3, 0.4) is 0 Å². The highest BCUT2D eigenvalue weighted by molar-refractivity contribution is 6.07.